The Morgan fingerprint density at radius 3 is 2.76 bits per heavy atom. The first kappa shape index (κ1) is 25.6. The highest BCUT2D eigenvalue weighted by Gasteiger charge is 2.27. The lowest BCUT2D eigenvalue weighted by molar-refractivity contribution is -0.119. The van der Waals surface area contributed by atoms with Crippen molar-refractivity contribution in [1.82, 2.24) is 14.8 Å². The molecule has 1 aliphatic heterocycles. The molecule has 4 heterocycles. The molecule has 196 valence electrons. The van der Waals surface area contributed by atoms with Gasteiger partial charge in [-0.25, -0.2) is 4.68 Å². The summed E-state index contributed by atoms with van der Waals surface area (Å²) in [6.45, 7) is -1.16. The van der Waals surface area contributed by atoms with E-state index in [-0.39, 0.29) is 28.5 Å². The normalized spacial score (nSPS) is 17.9. The quantitative estimate of drug-likeness (QED) is 0.304. The fourth-order valence-corrected chi connectivity index (χ4v) is 4.88. The number of hydrogen-bond acceptors (Lipinski definition) is 6. The van der Waals surface area contributed by atoms with Crippen LogP contribution in [-0.2, 0) is 4.79 Å². The van der Waals surface area contributed by atoms with E-state index in [1.165, 1.54) is 24.7 Å². The Bertz CT molecular complexity index is 1570. The van der Waals surface area contributed by atoms with E-state index in [1.54, 1.807) is 37.3 Å². The maximum atomic E-state index is 13.8. The number of nitrogens with zero attached hydrogens (tertiary/aromatic N) is 3. The highest BCUT2D eigenvalue weighted by Crippen LogP contribution is 2.36. The van der Waals surface area contributed by atoms with Gasteiger partial charge in [-0.3, -0.25) is 14.6 Å². The molecule has 0 spiro atoms. The van der Waals surface area contributed by atoms with Crippen LogP contribution >= 0.6 is 11.6 Å². The monoisotopic (exact) mass is 539 g/mol. The zero-order valence-electron chi connectivity index (χ0n) is 20.3. The number of hydrogen-bond donors (Lipinski definition) is 2. The predicted molar refractivity (Wildman–Crippen MR) is 140 cm³/mol. The van der Waals surface area contributed by atoms with Crippen LogP contribution in [-0.4, -0.2) is 20.7 Å². The molecule has 0 radical (unpaired) electrons. The van der Waals surface area contributed by atoms with Crippen LogP contribution in [0.15, 0.2) is 64.3 Å². The van der Waals surface area contributed by atoms with Crippen LogP contribution in [0, 0.1) is 5.92 Å². The van der Waals surface area contributed by atoms with Crippen molar-refractivity contribution in [3.05, 3.63) is 81.6 Å². The zero-order valence-corrected chi connectivity index (χ0v) is 21.1. The van der Waals surface area contributed by atoms with Crippen LogP contribution in [0.5, 0.6) is 0 Å². The Morgan fingerprint density at radius 1 is 1.18 bits per heavy atom. The number of halogens is 3. The second kappa shape index (κ2) is 10.4. The number of carbonyl (C=O) groups is 1. The summed E-state index contributed by atoms with van der Waals surface area (Å²) in [4.78, 5) is 30.6. The second-order valence-corrected chi connectivity index (χ2v) is 9.70. The van der Waals surface area contributed by atoms with Crippen LogP contribution in [0.2, 0.25) is 5.02 Å². The maximum absolute atomic E-state index is 13.8. The molecule has 2 bridgehead atoms. The number of aromatic nitrogens is 3. The molecule has 38 heavy (non-hydrogen) atoms. The number of carbonyl (C=O) groups excluding carboxylic acids is 1. The molecule has 3 aromatic heterocycles. The summed E-state index contributed by atoms with van der Waals surface area (Å²) in [5, 5.41) is 6.97. The molecule has 1 unspecified atom stereocenters. The molecule has 1 aliphatic rings. The summed E-state index contributed by atoms with van der Waals surface area (Å²) >= 11 is 6.10. The molecule has 0 fully saturated rings. The van der Waals surface area contributed by atoms with Crippen LogP contribution < -0.4 is 16.5 Å². The molecule has 0 saturated carbocycles. The third-order valence-electron chi connectivity index (χ3n) is 6.74. The zero-order chi connectivity index (χ0) is 27.0. The highest BCUT2D eigenvalue weighted by molar-refractivity contribution is 6.31. The first-order valence-corrected chi connectivity index (χ1v) is 12.4. The third-order valence-corrected chi connectivity index (χ3v) is 6.98. The molecule has 0 aliphatic carbocycles. The lowest BCUT2D eigenvalue weighted by atomic mass is 9.88. The standard InChI is InChI=1S/C27H24ClF2N5O3/c1-14-3-2-4-17(19-13-38-24(11-23(19)36)18-10-16(28)5-6-20(18)31)21-9-15(7-8-32-21)25-22(34-26(14)37)12-33-35(25)27(29)30/h5-14,17,27H,2-4,31H2,1H3,(H,34,37)/t14-,17?/m1/s1. The highest BCUT2D eigenvalue weighted by atomic mass is 35.5. The SMILES string of the molecule is C[C@@H]1CCCC(c2coc(-c3cc(Cl)ccc3N)cc2=O)c2cc(ccn2)-c2c(cnn2C(F)F)NC1=O. The smallest absolute Gasteiger partial charge is 0.333 e. The van der Waals surface area contributed by atoms with Crippen molar-refractivity contribution in [2.45, 2.75) is 38.7 Å². The Kier molecular flexibility index (Phi) is 6.98. The van der Waals surface area contributed by atoms with E-state index in [1.807, 2.05) is 0 Å². The molecule has 8 nitrogen and oxygen atoms in total. The van der Waals surface area contributed by atoms with Crippen molar-refractivity contribution in [2.24, 2.45) is 5.92 Å². The third kappa shape index (κ3) is 4.91. The molecule has 2 atom stereocenters. The molecule has 0 saturated heterocycles. The number of rotatable bonds is 3. The van der Waals surface area contributed by atoms with Crippen LogP contribution in [0.4, 0.5) is 20.2 Å². The Labute approximate surface area is 221 Å². The van der Waals surface area contributed by atoms with Gasteiger partial charge in [0.1, 0.15) is 5.76 Å². The summed E-state index contributed by atoms with van der Waals surface area (Å²) in [6.07, 6.45) is 5.69. The van der Waals surface area contributed by atoms with Gasteiger partial charge in [-0.05, 0) is 43.2 Å². The number of pyridine rings is 1. The Balaban J connectivity index is 1.62. The van der Waals surface area contributed by atoms with Gasteiger partial charge < -0.3 is 15.5 Å². The van der Waals surface area contributed by atoms with Crippen molar-refractivity contribution >= 4 is 28.9 Å². The van der Waals surface area contributed by atoms with Gasteiger partial charge in [-0.2, -0.15) is 13.9 Å². The van der Waals surface area contributed by atoms with Crippen molar-refractivity contribution in [3.8, 4) is 22.6 Å². The van der Waals surface area contributed by atoms with Gasteiger partial charge in [0.2, 0.25) is 5.91 Å². The second-order valence-electron chi connectivity index (χ2n) is 9.27. The number of alkyl halides is 2. The summed E-state index contributed by atoms with van der Waals surface area (Å²) < 4.78 is 34.0. The summed E-state index contributed by atoms with van der Waals surface area (Å²) in [6, 6.07) is 9.45. The minimum Gasteiger partial charge on any atom is -0.464 e. The van der Waals surface area contributed by atoms with Gasteiger partial charge in [0.25, 0.3) is 0 Å². The Morgan fingerprint density at radius 2 is 2.00 bits per heavy atom. The van der Waals surface area contributed by atoms with Crippen molar-refractivity contribution < 1.29 is 18.0 Å². The maximum Gasteiger partial charge on any atom is 0.333 e. The molecule has 5 rings (SSSR count). The van der Waals surface area contributed by atoms with Crippen molar-refractivity contribution in [1.29, 1.82) is 0 Å². The fraction of sp³-hybridized carbons (Fsp3) is 0.259. The van der Waals surface area contributed by atoms with E-state index < -0.39 is 18.4 Å². The lowest BCUT2D eigenvalue weighted by Crippen LogP contribution is -2.22. The largest absolute Gasteiger partial charge is 0.464 e. The molecule has 4 aromatic rings. The summed E-state index contributed by atoms with van der Waals surface area (Å²) in [7, 11) is 0. The Hall–Kier alpha value is -4.05. The molecule has 1 aromatic carbocycles. The molecule has 1 amide bonds. The summed E-state index contributed by atoms with van der Waals surface area (Å²) in [5.41, 5.74) is 8.15. The number of nitrogens with two attached hydrogens (primary N) is 1. The average Bonchev–Trinajstić information content (AvgIpc) is 3.31. The van der Waals surface area contributed by atoms with Crippen LogP contribution in [0.25, 0.3) is 22.6 Å². The fourth-order valence-electron chi connectivity index (χ4n) is 4.71. The number of nitrogens with one attached hydrogen (secondary N) is 1. The predicted octanol–water partition coefficient (Wildman–Crippen LogP) is 6.09. The van der Waals surface area contributed by atoms with E-state index in [2.05, 4.69) is 15.4 Å². The van der Waals surface area contributed by atoms with Crippen LogP contribution in [0.1, 0.15) is 49.9 Å². The van der Waals surface area contributed by atoms with E-state index in [0.29, 0.717) is 57.0 Å². The number of benzene rings is 1. The molecule has 3 N–H and O–H groups in total. The summed E-state index contributed by atoms with van der Waals surface area (Å²) in [5.74, 6) is -0.925. The first-order valence-electron chi connectivity index (χ1n) is 12.0. The minimum atomic E-state index is -2.92. The minimum absolute atomic E-state index is 0.0577. The topological polar surface area (TPSA) is 116 Å². The number of fused-ring (bicyclic) bond motifs is 4. The first-order chi connectivity index (χ1) is 18.2. The average molecular weight is 540 g/mol. The van der Waals surface area contributed by atoms with Gasteiger partial charge in [0, 0.05) is 57.2 Å². The van der Waals surface area contributed by atoms with E-state index in [4.69, 9.17) is 21.8 Å². The van der Waals surface area contributed by atoms with E-state index in [0.717, 1.165) is 0 Å². The van der Waals surface area contributed by atoms with Gasteiger partial charge >= 0.3 is 6.55 Å². The molecule has 11 heteroatoms. The number of amides is 1. The van der Waals surface area contributed by atoms with Gasteiger partial charge in [0.15, 0.2) is 5.43 Å². The van der Waals surface area contributed by atoms with Gasteiger partial charge in [0.05, 0.1) is 23.8 Å². The van der Waals surface area contributed by atoms with Gasteiger partial charge in [-0.1, -0.05) is 24.9 Å². The van der Waals surface area contributed by atoms with Crippen LogP contribution in [0.3, 0.4) is 0 Å². The van der Waals surface area contributed by atoms with Crippen molar-refractivity contribution in [2.75, 3.05) is 11.1 Å². The number of anilines is 2. The van der Waals surface area contributed by atoms with E-state index >= 15 is 0 Å². The number of nitrogen functional groups attached to an aromatic ring is 1. The molecular weight excluding hydrogens is 516 g/mol. The van der Waals surface area contributed by atoms with Crippen molar-refractivity contribution in [3.63, 3.8) is 0 Å². The van der Waals surface area contributed by atoms with E-state index in [9.17, 15) is 18.4 Å². The van der Waals surface area contributed by atoms with Gasteiger partial charge in [-0.15, -0.1) is 0 Å². The molecular formula is C27H24ClF2N5O3. The lowest BCUT2D eigenvalue weighted by Gasteiger charge is -2.20.